The van der Waals surface area contributed by atoms with Crippen molar-refractivity contribution in [3.8, 4) is 11.5 Å². The Labute approximate surface area is 162 Å². The molecule has 28 heavy (non-hydrogen) atoms. The van der Waals surface area contributed by atoms with Crippen LogP contribution in [0.1, 0.15) is 21.9 Å². The molecule has 0 aliphatic rings. The normalized spacial score (nSPS) is 10.6. The number of nitrogens with one attached hydrogen (secondary N) is 1. The Morgan fingerprint density at radius 1 is 1.07 bits per heavy atom. The molecule has 0 fully saturated rings. The van der Waals surface area contributed by atoms with Gasteiger partial charge in [0.15, 0.2) is 11.5 Å². The van der Waals surface area contributed by atoms with Crippen molar-refractivity contribution in [1.29, 1.82) is 0 Å². The number of ether oxygens (including phenoxy) is 3. The highest BCUT2D eigenvalue weighted by Gasteiger charge is 2.12. The highest BCUT2D eigenvalue weighted by molar-refractivity contribution is 5.86. The molecule has 7 heteroatoms. The number of hydrazone groups is 1. The minimum absolute atomic E-state index is 0.130. The summed E-state index contributed by atoms with van der Waals surface area (Å²) in [5.74, 6) is 1.21. The Kier molecular flexibility index (Phi) is 6.30. The van der Waals surface area contributed by atoms with Crippen LogP contribution < -0.4 is 14.9 Å². The lowest BCUT2D eigenvalue weighted by molar-refractivity contribution is 0.0561. The number of para-hydroxylation sites is 1. The molecule has 0 saturated carbocycles. The fraction of sp³-hybridized carbons (Fsp3) is 0.143. The summed E-state index contributed by atoms with van der Waals surface area (Å²) >= 11 is 0. The molecule has 0 atom stereocenters. The maximum absolute atomic E-state index is 11.4. The van der Waals surface area contributed by atoms with Gasteiger partial charge in [-0.05, 0) is 48.0 Å². The summed E-state index contributed by atoms with van der Waals surface area (Å²) in [5.41, 5.74) is 4.70. The van der Waals surface area contributed by atoms with Crippen LogP contribution in [-0.2, 0) is 11.3 Å². The number of hydrogen-bond acceptors (Lipinski definition) is 7. The van der Waals surface area contributed by atoms with E-state index in [1.807, 2.05) is 42.5 Å². The maximum atomic E-state index is 11.4. The van der Waals surface area contributed by atoms with E-state index in [-0.39, 0.29) is 12.4 Å². The number of benzene rings is 2. The predicted octanol–water partition coefficient (Wildman–Crippen LogP) is 4.10. The second-order valence-corrected chi connectivity index (χ2v) is 5.69. The molecule has 0 aliphatic heterocycles. The molecule has 0 bridgehead atoms. The standard InChI is InChI=1S/C21H20N2O5/c1-25-20-12-15(13-22-23-16-6-4-3-5-7-16)8-10-18(20)27-14-17-9-11-19(28-17)21(24)26-2/h3-13,23H,14H2,1-2H3. The first-order chi connectivity index (χ1) is 13.7. The number of carbonyl (C=O) groups excluding carboxylic acids is 1. The molecule has 1 N–H and O–H groups in total. The van der Waals surface area contributed by atoms with Gasteiger partial charge in [-0.15, -0.1) is 0 Å². The molecule has 0 unspecified atom stereocenters. The van der Waals surface area contributed by atoms with Crippen molar-refractivity contribution < 1.29 is 23.4 Å². The van der Waals surface area contributed by atoms with Crippen LogP contribution in [0, 0.1) is 0 Å². The van der Waals surface area contributed by atoms with E-state index in [0.29, 0.717) is 17.3 Å². The van der Waals surface area contributed by atoms with Gasteiger partial charge < -0.3 is 18.6 Å². The number of furan rings is 1. The zero-order valence-electron chi connectivity index (χ0n) is 15.5. The van der Waals surface area contributed by atoms with E-state index >= 15 is 0 Å². The average molecular weight is 380 g/mol. The number of methoxy groups -OCH3 is 2. The van der Waals surface area contributed by atoms with Gasteiger partial charge in [0.05, 0.1) is 26.1 Å². The lowest BCUT2D eigenvalue weighted by Crippen LogP contribution is -1.99. The molecule has 3 aromatic rings. The quantitative estimate of drug-likeness (QED) is 0.360. The maximum Gasteiger partial charge on any atom is 0.373 e. The minimum Gasteiger partial charge on any atom is -0.493 e. The second-order valence-electron chi connectivity index (χ2n) is 5.69. The fourth-order valence-corrected chi connectivity index (χ4v) is 2.39. The monoisotopic (exact) mass is 380 g/mol. The summed E-state index contributed by atoms with van der Waals surface area (Å²) in [5, 5.41) is 4.21. The van der Waals surface area contributed by atoms with Crippen LogP contribution in [0.2, 0.25) is 0 Å². The zero-order valence-corrected chi connectivity index (χ0v) is 15.5. The number of rotatable bonds is 8. The first-order valence-electron chi connectivity index (χ1n) is 8.51. The Bertz CT molecular complexity index is 950. The van der Waals surface area contributed by atoms with Gasteiger partial charge >= 0.3 is 5.97 Å². The molecule has 144 valence electrons. The molecule has 7 nitrogen and oxygen atoms in total. The zero-order chi connectivity index (χ0) is 19.8. The Hall–Kier alpha value is -3.74. The minimum atomic E-state index is -0.531. The van der Waals surface area contributed by atoms with Crippen LogP contribution in [0.15, 0.2) is 70.2 Å². The van der Waals surface area contributed by atoms with Crippen molar-refractivity contribution in [2.24, 2.45) is 5.10 Å². The van der Waals surface area contributed by atoms with Crippen molar-refractivity contribution in [1.82, 2.24) is 0 Å². The predicted molar refractivity (Wildman–Crippen MR) is 105 cm³/mol. The van der Waals surface area contributed by atoms with Crippen LogP contribution in [0.25, 0.3) is 0 Å². The fourth-order valence-electron chi connectivity index (χ4n) is 2.39. The van der Waals surface area contributed by atoms with E-state index in [1.165, 1.54) is 7.11 Å². The van der Waals surface area contributed by atoms with Crippen molar-refractivity contribution in [3.05, 3.63) is 77.7 Å². The van der Waals surface area contributed by atoms with E-state index in [2.05, 4.69) is 15.3 Å². The van der Waals surface area contributed by atoms with E-state index in [4.69, 9.17) is 13.9 Å². The van der Waals surface area contributed by atoms with Crippen LogP contribution in [0.3, 0.4) is 0 Å². The molecule has 1 heterocycles. The highest BCUT2D eigenvalue weighted by atomic mass is 16.5. The molecular formula is C21H20N2O5. The summed E-state index contributed by atoms with van der Waals surface area (Å²) in [7, 11) is 2.86. The molecule has 0 aliphatic carbocycles. The van der Waals surface area contributed by atoms with E-state index < -0.39 is 5.97 Å². The van der Waals surface area contributed by atoms with Gasteiger partial charge in [0.1, 0.15) is 12.4 Å². The number of nitrogens with zero attached hydrogens (tertiary/aromatic N) is 1. The third-order valence-electron chi connectivity index (χ3n) is 3.79. The van der Waals surface area contributed by atoms with Crippen LogP contribution in [0.4, 0.5) is 5.69 Å². The van der Waals surface area contributed by atoms with E-state index in [9.17, 15) is 4.79 Å². The summed E-state index contributed by atoms with van der Waals surface area (Å²) < 4.78 is 21.1. The Balaban J connectivity index is 1.62. The molecule has 0 saturated heterocycles. The number of esters is 1. The first kappa shape index (κ1) is 19.0. The first-order valence-corrected chi connectivity index (χ1v) is 8.51. The van der Waals surface area contributed by atoms with Gasteiger partial charge in [0, 0.05) is 0 Å². The van der Waals surface area contributed by atoms with Gasteiger partial charge in [-0.25, -0.2) is 4.79 Å². The molecular weight excluding hydrogens is 360 g/mol. The highest BCUT2D eigenvalue weighted by Crippen LogP contribution is 2.28. The van der Waals surface area contributed by atoms with Crippen molar-refractivity contribution in [2.75, 3.05) is 19.6 Å². The molecule has 0 radical (unpaired) electrons. The van der Waals surface area contributed by atoms with Crippen molar-refractivity contribution >= 4 is 17.9 Å². The Morgan fingerprint density at radius 2 is 1.89 bits per heavy atom. The molecule has 0 spiro atoms. The van der Waals surface area contributed by atoms with Gasteiger partial charge in [0.25, 0.3) is 0 Å². The van der Waals surface area contributed by atoms with Gasteiger partial charge in [0.2, 0.25) is 5.76 Å². The molecule has 0 amide bonds. The van der Waals surface area contributed by atoms with Crippen LogP contribution >= 0.6 is 0 Å². The van der Waals surface area contributed by atoms with Crippen molar-refractivity contribution in [3.63, 3.8) is 0 Å². The van der Waals surface area contributed by atoms with E-state index in [1.54, 1.807) is 31.5 Å². The smallest absolute Gasteiger partial charge is 0.373 e. The summed E-state index contributed by atoms with van der Waals surface area (Å²) in [6.07, 6.45) is 1.69. The van der Waals surface area contributed by atoms with Crippen LogP contribution in [0.5, 0.6) is 11.5 Å². The second kappa shape index (κ2) is 9.27. The molecule has 2 aromatic carbocycles. The van der Waals surface area contributed by atoms with Gasteiger partial charge in [-0.2, -0.15) is 5.10 Å². The third kappa shape index (κ3) is 4.91. The number of anilines is 1. The summed E-state index contributed by atoms with van der Waals surface area (Å²) in [4.78, 5) is 11.4. The lowest BCUT2D eigenvalue weighted by Gasteiger charge is -2.10. The Morgan fingerprint density at radius 3 is 2.64 bits per heavy atom. The number of carbonyl (C=O) groups is 1. The number of hydrogen-bond donors (Lipinski definition) is 1. The third-order valence-corrected chi connectivity index (χ3v) is 3.79. The van der Waals surface area contributed by atoms with Gasteiger partial charge in [-0.1, -0.05) is 18.2 Å². The van der Waals surface area contributed by atoms with Crippen molar-refractivity contribution in [2.45, 2.75) is 6.61 Å². The topological polar surface area (TPSA) is 82.3 Å². The lowest BCUT2D eigenvalue weighted by atomic mass is 10.2. The molecule has 1 aromatic heterocycles. The van der Waals surface area contributed by atoms with E-state index in [0.717, 1.165) is 11.3 Å². The van der Waals surface area contributed by atoms with Crippen LogP contribution in [-0.4, -0.2) is 26.4 Å². The molecule has 3 rings (SSSR count). The largest absolute Gasteiger partial charge is 0.493 e. The summed E-state index contributed by atoms with van der Waals surface area (Å²) in [6.45, 7) is 0.149. The van der Waals surface area contributed by atoms with Gasteiger partial charge in [-0.3, -0.25) is 5.43 Å². The average Bonchev–Trinajstić information content (AvgIpc) is 3.22. The SMILES string of the molecule is COC(=O)c1ccc(COc2ccc(C=NNc3ccccc3)cc2OC)o1. The summed E-state index contributed by atoms with van der Waals surface area (Å²) in [6, 6.07) is 18.3.